The standard InChI is InChI=1S/C19H19BrN4OS2/c1-2-3-6-11-26-19-22-18-16(23-24-19)12-7-4-5-8-13(12)21-17(25-18)14-9-10-15(20)27-14/h4-5,7-10,17,21H,2-3,6,11H2,1H3. The Balaban J connectivity index is 1.67. The number of halogens is 1. The highest BCUT2D eigenvalue weighted by Crippen LogP contribution is 2.41. The zero-order chi connectivity index (χ0) is 18.6. The van der Waals surface area contributed by atoms with Crippen molar-refractivity contribution in [2.45, 2.75) is 37.6 Å². The molecule has 140 valence electrons. The number of thioether (sulfide) groups is 1. The van der Waals surface area contributed by atoms with Gasteiger partial charge >= 0.3 is 0 Å². The predicted octanol–water partition coefficient (Wildman–Crippen LogP) is 6.15. The van der Waals surface area contributed by atoms with Gasteiger partial charge in [-0.25, -0.2) is 0 Å². The van der Waals surface area contributed by atoms with Crippen LogP contribution in [-0.4, -0.2) is 20.9 Å². The van der Waals surface area contributed by atoms with Crippen LogP contribution in [0.4, 0.5) is 5.69 Å². The monoisotopic (exact) mass is 462 g/mol. The largest absolute Gasteiger partial charge is 0.447 e. The molecule has 5 nitrogen and oxygen atoms in total. The Morgan fingerprint density at radius 1 is 1.19 bits per heavy atom. The van der Waals surface area contributed by atoms with Gasteiger partial charge in [0.2, 0.25) is 17.3 Å². The molecule has 0 bridgehead atoms. The van der Waals surface area contributed by atoms with Crippen molar-refractivity contribution in [2.75, 3.05) is 11.1 Å². The van der Waals surface area contributed by atoms with Crippen LogP contribution in [0.3, 0.4) is 0 Å². The van der Waals surface area contributed by atoms with Crippen LogP contribution in [0, 0.1) is 0 Å². The Bertz CT molecular complexity index is 934. The van der Waals surface area contributed by atoms with Gasteiger partial charge in [0, 0.05) is 17.0 Å². The molecule has 3 heterocycles. The second kappa shape index (κ2) is 8.58. The van der Waals surface area contributed by atoms with Gasteiger partial charge in [-0.3, -0.25) is 0 Å². The number of benzene rings is 1. The van der Waals surface area contributed by atoms with Crippen LogP contribution in [0.5, 0.6) is 5.88 Å². The third-order valence-electron chi connectivity index (χ3n) is 4.17. The maximum atomic E-state index is 6.26. The zero-order valence-corrected chi connectivity index (χ0v) is 18.0. The Labute approximate surface area is 175 Å². The highest BCUT2D eigenvalue weighted by Gasteiger charge is 2.26. The Morgan fingerprint density at radius 2 is 2.07 bits per heavy atom. The average Bonchev–Trinajstić information content (AvgIpc) is 3.04. The molecule has 0 aliphatic carbocycles. The van der Waals surface area contributed by atoms with Crippen molar-refractivity contribution in [1.29, 1.82) is 0 Å². The molecule has 1 aromatic carbocycles. The number of para-hydroxylation sites is 1. The van der Waals surface area contributed by atoms with Gasteiger partial charge in [0.05, 0.1) is 8.66 Å². The molecular formula is C19H19BrN4OS2. The van der Waals surface area contributed by atoms with Gasteiger partial charge in [-0.2, -0.15) is 4.98 Å². The van der Waals surface area contributed by atoms with E-state index in [1.54, 1.807) is 23.1 Å². The summed E-state index contributed by atoms with van der Waals surface area (Å²) in [6.07, 6.45) is 3.25. The first-order valence-electron chi connectivity index (χ1n) is 8.90. The third kappa shape index (κ3) is 4.28. The molecule has 1 N–H and O–H groups in total. The van der Waals surface area contributed by atoms with Crippen LogP contribution in [-0.2, 0) is 0 Å². The molecule has 0 saturated heterocycles. The van der Waals surface area contributed by atoms with E-state index in [1.165, 1.54) is 12.8 Å². The smallest absolute Gasteiger partial charge is 0.247 e. The lowest BCUT2D eigenvalue weighted by atomic mass is 10.1. The fourth-order valence-corrected chi connectivity index (χ4v) is 5.00. The van der Waals surface area contributed by atoms with Gasteiger partial charge in [0.15, 0.2) is 5.69 Å². The number of thiophene rings is 1. The third-order valence-corrected chi connectivity index (χ3v) is 6.76. The number of hydrogen-bond donors (Lipinski definition) is 1. The molecule has 27 heavy (non-hydrogen) atoms. The molecule has 0 amide bonds. The fraction of sp³-hybridized carbons (Fsp3) is 0.316. The molecule has 1 aliphatic heterocycles. The van der Waals surface area contributed by atoms with Gasteiger partial charge in [-0.1, -0.05) is 49.7 Å². The van der Waals surface area contributed by atoms with Gasteiger partial charge in [-0.15, -0.1) is 21.5 Å². The summed E-state index contributed by atoms with van der Waals surface area (Å²) < 4.78 is 7.32. The summed E-state index contributed by atoms with van der Waals surface area (Å²) in [4.78, 5) is 5.74. The van der Waals surface area contributed by atoms with Gasteiger partial charge in [0.1, 0.15) is 0 Å². The summed E-state index contributed by atoms with van der Waals surface area (Å²) in [5.74, 6) is 1.51. The number of aromatic nitrogens is 3. The first kappa shape index (κ1) is 18.7. The Kier molecular flexibility index (Phi) is 5.95. The van der Waals surface area contributed by atoms with E-state index in [0.717, 1.165) is 32.1 Å². The molecule has 2 aromatic heterocycles. The minimum Gasteiger partial charge on any atom is -0.447 e. The predicted molar refractivity (Wildman–Crippen MR) is 115 cm³/mol. The molecular weight excluding hydrogens is 444 g/mol. The zero-order valence-electron chi connectivity index (χ0n) is 14.8. The molecule has 0 radical (unpaired) electrons. The highest BCUT2D eigenvalue weighted by atomic mass is 79.9. The molecule has 3 aromatic rings. The van der Waals surface area contributed by atoms with E-state index in [9.17, 15) is 0 Å². The molecule has 8 heteroatoms. The molecule has 4 rings (SSSR count). The first-order valence-corrected chi connectivity index (χ1v) is 11.5. The molecule has 1 atom stereocenters. The van der Waals surface area contributed by atoms with Crippen LogP contribution in [0.2, 0.25) is 0 Å². The summed E-state index contributed by atoms with van der Waals surface area (Å²) in [5, 5.41) is 12.9. The summed E-state index contributed by atoms with van der Waals surface area (Å²) in [6.45, 7) is 2.20. The van der Waals surface area contributed by atoms with Gasteiger partial charge < -0.3 is 10.1 Å². The van der Waals surface area contributed by atoms with E-state index in [2.05, 4.69) is 49.4 Å². The highest BCUT2D eigenvalue weighted by molar-refractivity contribution is 9.11. The van der Waals surface area contributed by atoms with Crippen molar-refractivity contribution in [2.24, 2.45) is 0 Å². The number of nitrogens with one attached hydrogen (secondary N) is 1. The number of hydrogen-bond acceptors (Lipinski definition) is 7. The number of fused-ring (bicyclic) bond motifs is 3. The Morgan fingerprint density at radius 3 is 2.89 bits per heavy atom. The van der Waals surface area contributed by atoms with Crippen molar-refractivity contribution in [1.82, 2.24) is 15.2 Å². The lowest BCUT2D eigenvalue weighted by Gasteiger charge is -2.17. The van der Waals surface area contributed by atoms with Crippen molar-refractivity contribution in [3.05, 3.63) is 45.1 Å². The first-order chi connectivity index (χ1) is 13.2. The van der Waals surface area contributed by atoms with E-state index in [1.807, 2.05) is 30.3 Å². The lowest BCUT2D eigenvalue weighted by Crippen LogP contribution is -2.15. The molecule has 0 spiro atoms. The summed E-state index contributed by atoms with van der Waals surface area (Å²) in [5.41, 5.74) is 2.59. The maximum absolute atomic E-state index is 6.26. The maximum Gasteiger partial charge on any atom is 0.247 e. The number of anilines is 1. The number of ether oxygens (including phenoxy) is 1. The fourth-order valence-electron chi connectivity index (χ4n) is 2.82. The minimum atomic E-state index is -0.321. The SMILES string of the molecule is CCCCCSc1nnc2c(n1)OC(c1ccc(Br)s1)Nc1ccccc1-2. The van der Waals surface area contributed by atoms with E-state index in [4.69, 9.17) is 4.74 Å². The number of nitrogens with zero attached hydrogens (tertiary/aromatic N) is 3. The second-order valence-electron chi connectivity index (χ2n) is 6.13. The molecule has 1 aliphatic rings. The van der Waals surface area contributed by atoms with E-state index in [0.29, 0.717) is 16.7 Å². The van der Waals surface area contributed by atoms with E-state index in [-0.39, 0.29) is 6.23 Å². The summed E-state index contributed by atoms with van der Waals surface area (Å²) >= 11 is 6.80. The quantitative estimate of drug-likeness (QED) is 0.350. The summed E-state index contributed by atoms with van der Waals surface area (Å²) in [7, 11) is 0. The molecule has 1 unspecified atom stereocenters. The van der Waals surface area contributed by atoms with Crippen molar-refractivity contribution >= 4 is 44.7 Å². The van der Waals surface area contributed by atoms with Crippen LogP contribution < -0.4 is 10.1 Å². The van der Waals surface area contributed by atoms with Gasteiger partial charge in [0.25, 0.3) is 0 Å². The van der Waals surface area contributed by atoms with Crippen LogP contribution in [0.1, 0.15) is 37.3 Å². The van der Waals surface area contributed by atoms with E-state index < -0.39 is 0 Å². The number of unbranched alkanes of at least 4 members (excludes halogenated alkanes) is 2. The number of rotatable bonds is 6. The lowest BCUT2D eigenvalue weighted by molar-refractivity contribution is 0.229. The van der Waals surface area contributed by atoms with Crippen molar-refractivity contribution in [3.8, 4) is 17.1 Å². The Hall–Kier alpha value is -1.64. The van der Waals surface area contributed by atoms with Crippen molar-refractivity contribution in [3.63, 3.8) is 0 Å². The minimum absolute atomic E-state index is 0.321. The average molecular weight is 463 g/mol. The second-order valence-corrected chi connectivity index (χ2v) is 9.69. The molecule has 0 fully saturated rings. The topological polar surface area (TPSA) is 59.9 Å². The van der Waals surface area contributed by atoms with Crippen LogP contribution >= 0.6 is 39.0 Å². The summed E-state index contributed by atoms with van der Waals surface area (Å²) in [6, 6.07) is 12.1. The molecule has 0 saturated carbocycles. The normalized spacial score (nSPS) is 15.3. The van der Waals surface area contributed by atoms with Crippen molar-refractivity contribution < 1.29 is 4.74 Å². The van der Waals surface area contributed by atoms with E-state index >= 15 is 0 Å². The van der Waals surface area contributed by atoms with Gasteiger partial charge in [-0.05, 0) is 40.5 Å². The van der Waals surface area contributed by atoms with Crippen LogP contribution in [0.15, 0.2) is 45.3 Å². The van der Waals surface area contributed by atoms with Crippen LogP contribution in [0.25, 0.3) is 11.3 Å².